The number of carbonyl (C=O) groups is 2. The van der Waals surface area contributed by atoms with Crippen LogP contribution in [0.1, 0.15) is 138 Å². The van der Waals surface area contributed by atoms with E-state index in [1.54, 1.807) is 0 Å². The Labute approximate surface area is 279 Å². The molecule has 2 fully saturated rings. The van der Waals surface area contributed by atoms with Gasteiger partial charge in [0, 0.05) is 17.8 Å². The van der Waals surface area contributed by atoms with Crippen LogP contribution in [-0.2, 0) is 14.3 Å². The molecule has 0 heterocycles. The number of carbonyl (C=O) groups excluding carboxylic acids is 2. The lowest BCUT2D eigenvalue weighted by molar-refractivity contribution is -0.168. The van der Waals surface area contributed by atoms with Gasteiger partial charge in [-0.1, -0.05) is 92.5 Å². The van der Waals surface area contributed by atoms with E-state index in [2.05, 4.69) is 32.9 Å². The van der Waals surface area contributed by atoms with Crippen LogP contribution in [0.2, 0.25) is 0 Å². The van der Waals surface area contributed by atoms with Crippen molar-refractivity contribution in [3.05, 3.63) is 58.2 Å². The average Bonchev–Trinajstić information content (AvgIpc) is 3.36. The van der Waals surface area contributed by atoms with Gasteiger partial charge in [0.1, 0.15) is 6.29 Å². The van der Waals surface area contributed by atoms with Crippen LogP contribution in [0.3, 0.4) is 0 Å². The third kappa shape index (κ3) is 11.2. The number of allylic oxidation sites excluding steroid dienone is 9. The molecule has 0 aliphatic heterocycles. The number of esters is 1. The van der Waals surface area contributed by atoms with Crippen LogP contribution >= 0.6 is 0 Å². The van der Waals surface area contributed by atoms with Gasteiger partial charge in [-0.25, -0.2) is 0 Å². The summed E-state index contributed by atoms with van der Waals surface area (Å²) in [4.78, 5) is 24.4. The molecule has 0 aromatic carbocycles. The first-order valence-electron chi connectivity index (χ1n) is 17.9. The number of aldehydes is 1. The molecule has 3 N–H and O–H groups in total. The molecule has 46 heavy (non-hydrogen) atoms. The largest absolute Gasteiger partial charge is 0.466 e. The van der Waals surface area contributed by atoms with Gasteiger partial charge in [0.2, 0.25) is 0 Å². The van der Waals surface area contributed by atoms with Crippen molar-refractivity contribution in [3.63, 3.8) is 0 Å². The summed E-state index contributed by atoms with van der Waals surface area (Å²) in [5, 5.41) is 34.4. The molecular formula is C40H64O6. The highest BCUT2D eigenvalue weighted by Crippen LogP contribution is 2.62. The van der Waals surface area contributed by atoms with E-state index in [1.807, 2.05) is 39.0 Å². The van der Waals surface area contributed by atoms with E-state index in [4.69, 9.17) is 4.74 Å². The maximum Gasteiger partial charge on any atom is 0.305 e. The lowest BCUT2D eigenvalue weighted by Gasteiger charge is -2.55. The lowest BCUT2D eigenvalue weighted by atomic mass is 9.52. The number of ether oxygens (including phenoxy) is 1. The number of aliphatic hydroxyl groups is 3. The van der Waals surface area contributed by atoms with Crippen LogP contribution in [0.25, 0.3) is 0 Å². The standard InChI is InChI=1S/C40H64O6/c1-7-8-9-10-11-12-13-22-37(43)46-27-16-21-36-34(32(5)28-41)23-25-39(6,45)40(36)26-24-35(38(40)44)33(29-42)20-15-19-31(4)18-14-17-30(2)3/h15,17-20,28,35-36,38,42,44-45H,7-14,16,21-27,29H2,1-6H3/b19-15+,31-18+,33-20-,34-32-/t35-,36-,38-,39+,40+/m1/s1. The summed E-state index contributed by atoms with van der Waals surface area (Å²) in [7, 11) is 0. The summed E-state index contributed by atoms with van der Waals surface area (Å²) in [6, 6.07) is 0. The zero-order valence-electron chi connectivity index (χ0n) is 29.8. The Hall–Kier alpha value is -2.28. The summed E-state index contributed by atoms with van der Waals surface area (Å²) in [6.45, 7) is 12.2. The summed E-state index contributed by atoms with van der Waals surface area (Å²) in [5.74, 6) is -0.721. The molecule has 0 aromatic rings. The predicted molar refractivity (Wildman–Crippen MR) is 188 cm³/mol. The maximum absolute atomic E-state index is 12.4. The summed E-state index contributed by atoms with van der Waals surface area (Å²) in [5.41, 5.74) is 2.74. The Bertz CT molecular complexity index is 1120. The Morgan fingerprint density at radius 3 is 2.35 bits per heavy atom. The van der Waals surface area contributed by atoms with Crippen LogP contribution in [0.5, 0.6) is 0 Å². The highest BCUT2D eigenvalue weighted by atomic mass is 16.5. The van der Waals surface area contributed by atoms with Crippen molar-refractivity contribution in [2.24, 2.45) is 17.3 Å². The molecule has 0 bridgehead atoms. The number of hydrogen-bond acceptors (Lipinski definition) is 6. The van der Waals surface area contributed by atoms with Gasteiger partial charge >= 0.3 is 5.97 Å². The molecule has 0 radical (unpaired) electrons. The molecule has 260 valence electrons. The van der Waals surface area contributed by atoms with E-state index >= 15 is 0 Å². The SMILES string of the molecule is CCCCCCCCCC(=O)OCCC[C@@H]1/C(=C(/C)C=O)CC[C@](C)(O)[C@@]12CC[C@H](\C(=C/C=C/C(C)=C/CC=C(C)C)CO)[C@H]2O. The van der Waals surface area contributed by atoms with Crippen molar-refractivity contribution in [2.75, 3.05) is 13.2 Å². The van der Waals surface area contributed by atoms with E-state index < -0.39 is 17.1 Å². The average molecular weight is 641 g/mol. The van der Waals surface area contributed by atoms with Crippen molar-refractivity contribution < 1.29 is 29.6 Å². The molecule has 2 rings (SSSR count). The minimum Gasteiger partial charge on any atom is -0.466 e. The Balaban J connectivity index is 2.17. The highest BCUT2D eigenvalue weighted by molar-refractivity contribution is 5.74. The summed E-state index contributed by atoms with van der Waals surface area (Å²) >= 11 is 0. The number of aliphatic hydroxyl groups excluding tert-OH is 2. The van der Waals surface area contributed by atoms with Gasteiger partial charge in [0.25, 0.3) is 0 Å². The van der Waals surface area contributed by atoms with Gasteiger partial charge in [0.15, 0.2) is 0 Å². The molecular weight excluding hydrogens is 576 g/mol. The van der Waals surface area contributed by atoms with Gasteiger partial charge in [-0.05, 0) is 103 Å². The van der Waals surface area contributed by atoms with Gasteiger partial charge in [0.05, 0.1) is 24.9 Å². The fraction of sp³-hybridized carbons (Fsp3) is 0.700. The third-order valence-corrected chi connectivity index (χ3v) is 10.6. The first-order chi connectivity index (χ1) is 21.9. The quantitative estimate of drug-likeness (QED) is 0.0326. The van der Waals surface area contributed by atoms with Crippen LogP contribution in [0.15, 0.2) is 58.2 Å². The van der Waals surface area contributed by atoms with Gasteiger partial charge in [-0.15, -0.1) is 0 Å². The molecule has 1 spiro atoms. The monoisotopic (exact) mass is 640 g/mol. The second-order valence-electron chi connectivity index (χ2n) is 14.2. The molecule has 0 unspecified atom stereocenters. The Morgan fingerprint density at radius 1 is 1.00 bits per heavy atom. The summed E-state index contributed by atoms with van der Waals surface area (Å²) in [6.07, 6.45) is 22.9. The predicted octanol–water partition coefficient (Wildman–Crippen LogP) is 8.66. The maximum atomic E-state index is 12.4. The molecule has 6 nitrogen and oxygen atoms in total. The normalized spacial score (nSPS) is 28.2. The van der Waals surface area contributed by atoms with Gasteiger partial charge < -0.3 is 20.1 Å². The van der Waals surface area contributed by atoms with Crippen LogP contribution in [0.4, 0.5) is 0 Å². The van der Waals surface area contributed by atoms with Gasteiger partial charge in [-0.3, -0.25) is 9.59 Å². The fourth-order valence-corrected chi connectivity index (χ4v) is 7.80. The van der Waals surface area contributed by atoms with Crippen molar-refractivity contribution in [3.8, 4) is 0 Å². The van der Waals surface area contributed by atoms with Gasteiger partial charge in [-0.2, -0.15) is 0 Å². The van der Waals surface area contributed by atoms with E-state index in [0.29, 0.717) is 50.5 Å². The summed E-state index contributed by atoms with van der Waals surface area (Å²) < 4.78 is 5.60. The zero-order chi connectivity index (χ0) is 34.2. The lowest BCUT2D eigenvalue weighted by Crippen LogP contribution is -2.59. The van der Waals surface area contributed by atoms with Crippen LogP contribution in [0, 0.1) is 17.3 Å². The van der Waals surface area contributed by atoms with E-state index in [1.165, 1.54) is 31.3 Å². The van der Waals surface area contributed by atoms with E-state index in [-0.39, 0.29) is 31.0 Å². The van der Waals surface area contributed by atoms with Crippen molar-refractivity contribution in [2.45, 2.75) is 150 Å². The minimum atomic E-state index is -1.16. The number of unbranched alkanes of at least 4 members (excludes halogenated alkanes) is 6. The zero-order valence-corrected chi connectivity index (χ0v) is 29.8. The van der Waals surface area contributed by atoms with Crippen molar-refractivity contribution in [1.82, 2.24) is 0 Å². The molecule has 0 aromatic heterocycles. The molecule has 2 aliphatic rings. The second-order valence-corrected chi connectivity index (χ2v) is 14.2. The van der Waals surface area contributed by atoms with Crippen molar-refractivity contribution >= 4 is 12.3 Å². The number of hydrogen-bond donors (Lipinski definition) is 3. The Morgan fingerprint density at radius 2 is 1.70 bits per heavy atom. The molecule has 2 aliphatic carbocycles. The molecule has 5 atom stereocenters. The molecule has 2 saturated carbocycles. The number of rotatable bonds is 19. The Kier molecular flexibility index (Phi) is 17.5. The van der Waals surface area contributed by atoms with Crippen molar-refractivity contribution in [1.29, 1.82) is 0 Å². The van der Waals surface area contributed by atoms with E-state index in [9.17, 15) is 24.9 Å². The van der Waals surface area contributed by atoms with Crippen LogP contribution < -0.4 is 0 Å². The fourth-order valence-electron chi connectivity index (χ4n) is 7.80. The van der Waals surface area contributed by atoms with E-state index in [0.717, 1.165) is 48.7 Å². The molecule has 0 saturated heterocycles. The first kappa shape index (κ1) is 39.9. The molecule has 0 amide bonds. The second kappa shape index (κ2) is 20.2. The minimum absolute atomic E-state index is 0.174. The topological polar surface area (TPSA) is 104 Å². The molecule has 6 heteroatoms. The smallest absolute Gasteiger partial charge is 0.305 e. The van der Waals surface area contributed by atoms with Crippen LogP contribution in [-0.4, -0.2) is 52.5 Å². The highest BCUT2D eigenvalue weighted by Gasteiger charge is 2.63. The first-order valence-corrected chi connectivity index (χ1v) is 17.9. The third-order valence-electron chi connectivity index (χ3n) is 10.6.